The molecule has 0 fully saturated rings. The number of nitrogens with zero attached hydrogens (tertiary/aromatic N) is 2. The quantitative estimate of drug-likeness (QED) is 0.0377. The monoisotopic (exact) mass is 1070 g/mol. The summed E-state index contributed by atoms with van der Waals surface area (Å²) in [6.07, 6.45) is 7.92. The molecule has 410 valence electrons. The van der Waals surface area contributed by atoms with E-state index in [9.17, 15) is 17.8 Å². The Balaban J connectivity index is 0.0000144. The molecule has 0 radical (unpaired) electrons. The van der Waals surface area contributed by atoms with Crippen LogP contribution in [0.3, 0.4) is 0 Å². The van der Waals surface area contributed by atoms with E-state index in [0.29, 0.717) is 169 Å². The second-order valence-corrected chi connectivity index (χ2v) is 20.3. The van der Waals surface area contributed by atoms with Crippen LogP contribution >= 0.6 is 0 Å². The van der Waals surface area contributed by atoms with Crippen molar-refractivity contribution in [2.75, 3.05) is 158 Å². The molecule has 2 heterocycles. The molecule has 1 aromatic rings. The van der Waals surface area contributed by atoms with Gasteiger partial charge in [0, 0.05) is 55.6 Å². The molecule has 0 saturated carbocycles. The molecule has 0 spiro atoms. The third-order valence-electron chi connectivity index (χ3n) is 12.0. The number of ether oxygens (including phenoxy) is 10. The molecule has 1 N–H and O–H groups in total. The summed E-state index contributed by atoms with van der Waals surface area (Å²) in [6, 6.07) is 12.8. The Hall–Kier alpha value is -3.09. The molecular formula is C54H82N2NaO16S+. The van der Waals surface area contributed by atoms with Gasteiger partial charge in [0.2, 0.25) is 5.36 Å². The number of carbonyl (C=O) groups is 1. The number of anilines is 1. The standard InChI is InChI=1S/C54H82N2O16S.Na/c1-53(2,3)47-41-44(12-11-13-51-54(4,5)48-42-45(73(59,60)61)16-18-49(48)56(51)19-10-8-9-14-52(57)58)72-50-40-43(15-17-46(47)50)55(20-22-64-28-30-68-36-38-70-34-32-66-26-24-62-6)21-23-65-29-31-69-37-39-71-35-33-67-27-25-63-7;/h11-13,15-18,40-42H,8-10,14,19-39H2,1-7H3,(H-,57,58,59,60,61);/q;+1. The fourth-order valence-corrected chi connectivity index (χ4v) is 8.63. The summed E-state index contributed by atoms with van der Waals surface area (Å²) in [5.41, 5.74) is 3.65. The van der Waals surface area contributed by atoms with Gasteiger partial charge in [0.05, 0.1) is 117 Å². The van der Waals surface area contributed by atoms with Gasteiger partial charge >= 0.3 is 35.5 Å². The van der Waals surface area contributed by atoms with Crippen LogP contribution in [-0.4, -0.2) is 177 Å². The van der Waals surface area contributed by atoms with Crippen LogP contribution in [0.5, 0.6) is 0 Å². The number of unbranched alkanes of at least 4 members (excludes halogenated alkanes) is 2. The minimum absolute atomic E-state index is 0. The van der Waals surface area contributed by atoms with Crippen molar-refractivity contribution in [2.45, 2.75) is 76.0 Å². The Morgan fingerprint density at radius 2 is 1.20 bits per heavy atom. The van der Waals surface area contributed by atoms with Crippen molar-refractivity contribution in [3.8, 4) is 11.3 Å². The summed E-state index contributed by atoms with van der Waals surface area (Å²) in [7, 11) is -1.40. The number of rotatable bonds is 39. The first-order valence-electron chi connectivity index (χ1n) is 25.3. The molecule has 1 aromatic carbocycles. The fraction of sp³-hybridized carbons (Fsp3) is 0.630. The van der Waals surface area contributed by atoms with Gasteiger partial charge in [-0.2, -0.15) is 0 Å². The molecular weight excluding hydrogens is 988 g/mol. The van der Waals surface area contributed by atoms with Crippen LogP contribution in [0.15, 0.2) is 69.6 Å². The van der Waals surface area contributed by atoms with Crippen molar-refractivity contribution in [3.63, 3.8) is 0 Å². The van der Waals surface area contributed by atoms with Crippen LogP contribution in [0, 0.1) is 0 Å². The molecule has 0 amide bonds. The SMILES string of the molecule is COCCOCCOCCOCCOCC[N+](CCOCCOCCOCCOCCOC)=c1ccc2c(C(C)(C)C)cc(/C=C/C=C3/N(CCCCCC(=O)O)c4ccc(S(=O)(=O)[O-])cc4C3(C)C)oc-2c1.[Na+]. The summed E-state index contributed by atoms with van der Waals surface area (Å²) >= 11 is 0. The average molecular weight is 1070 g/mol. The number of hydrogen-bond donors (Lipinski definition) is 1. The van der Waals surface area contributed by atoms with E-state index >= 15 is 0 Å². The van der Waals surface area contributed by atoms with E-state index in [1.54, 1.807) is 20.3 Å². The first-order valence-corrected chi connectivity index (χ1v) is 26.7. The number of allylic oxidation sites excluding steroid dienone is 3. The van der Waals surface area contributed by atoms with Crippen molar-refractivity contribution < 1.29 is 104 Å². The molecule has 3 aliphatic rings. The smallest absolute Gasteiger partial charge is 0.744 e. The minimum Gasteiger partial charge on any atom is -0.744 e. The summed E-state index contributed by atoms with van der Waals surface area (Å²) in [6.45, 7) is 20.9. The molecule has 0 atom stereocenters. The van der Waals surface area contributed by atoms with Crippen LogP contribution in [-0.2, 0) is 73.1 Å². The van der Waals surface area contributed by atoms with Crippen LogP contribution < -0.4 is 44.4 Å². The Morgan fingerprint density at radius 3 is 1.68 bits per heavy atom. The van der Waals surface area contributed by atoms with Crippen molar-refractivity contribution >= 4 is 27.9 Å². The Morgan fingerprint density at radius 1 is 0.703 bits per heavy atom. The second-order valence-electron chi connectivity index (χ2n) is 18.9. The number of hydrogen-bond acceptors (Lipinski definition) is 16. The van der Waals surface area contributed by atoms with Crippen LogP contribution in [0.2, 0.25) is 0 Å². The molecule has 0 aromatic heterocycles. The molecule has 0 saturated heterocycles. The van der Waals surface area contributed by atoms with Crippen LogP contribution in [0.25, 0.3) is 17.4 Å². The van der Waals surface area contributed by atoms with Crippen LogP contribution in [0.4, 0.5) is 5.69 Å². The molecule has 20 heteroatoms. The maximum absolute atomic E-state index is 12.1. The molecule has 0 unspecified atom stereocenters. The van der Waals surface area contributed by atoms with Crippen molar-refractivity contribution in [3.05, 3.63) is 82.6 Å². The van der Waals surface area contributed by atoms with Crippen molar-refractivity contribution in [2.24, 2.45) is 0 Å². The number of fused-ring (bicyclic) bond motifs is 2. The van der Waals surface area contributed by atoms with Gasteiger partial charge in [-0.25, -0.2) is 13.0 Å². The zero-order valence-electron chi connectivity index (χ0n) is 45.3. The van der Waals surface area contributed by atoms with Crippen LogP contribution in [0.1, 0.15) is 77.2 Å². The first-order chi connectivity index (χ1) is 35.1. The predicted molar refractivity (Wildman–Crippen MR) is 277 cm³/mol. The minimum atomic E-state index is -4.68. The van der Waals surface area contributed by atoms with E-state index < -0.39 is 21.5 Å². The Labute approximate surface area is 461 Å². The molecule has 1 aliphatic carbocycles. The maximum atomic E-state index is 12.1. The van der Waals surface area contributed by atoms with E-state index in [2.05, 4.69) is 54.5 Å². The first kappa shape index (κ1) is 65.2. The summed E-state index contributed by atoms with van der Waals surface area (Å²) in [4.78, 5) is 13.0. The topological polar surface area (TPSA) is 206 Å². The molecule has 4 rings (SSSR count). The van der Waals surface area contributed by atoms with E-state index in [4.69, 9.17) is 56.9 Å². The number of benzene rings is 2. The van der Waals surface area contributed by atoms with E-state index in [-0.39, 0.29) is 46.3 Å². The maximum Gasteiger partial charge on any atom is 1.00 e. The van der Waals surface area contributed by atoms with Gasteiger partial charge in [-0.15, -0.1) is 0 Å². The number of carboxylic acids is 1. The van der Waals surface area contributed by atoms with E-state index in [1.807, 2.05) is 32.1 Å². The fourth-order valence-electron chi connectivity index (χ4n) is 8.13. The van der Waals surface area contributed by atoms with Gasteiger partial charge in [-0.1, -0.05) is 47.1 Å². The molecule has 2 aliphatic heterocycles. The third-order valence-corrected chi connectivity index (χ3v) is 12.8. The second kappa shape index (κ2) is 35.3. The van der Waals surface area contributed by atoms with E-state index in [1.165, 1.54) is 12.1 Å². The van der Waals surface area contributed by atoms with Crippen molar-refractivity contribution in [1.29, 1.82) is 0 Å². The van der Waals surface area contributed by atoms with Gasteiger partial charge < -0.3 is 66.3 Å². The predicted octanol–water partition coefficient (Wildman–Crippen LogP) is 3.13. The van der Waals surface area contributed by atoms with Gasteiger partial charge in [-0.05, 0) is 71.9 Å². The normalized spacial score (nSPS) is 14.1. The average Bonchev–Trinajstić information content (AvgIpc) is 3.55. The number of carboxylic acid groups (broad SMARTS) is 1. The summed E-state index contributed by atoms with van der Waals surface area (Å²) in [5.74, 6) is 0.517. The third kappa shape index (κ3) is 23.3. The molecule has 74 heavy (non-hydrogen) atoms. The van der Waals surface area contributed by atoms with Crippen molar-refractivity contribution in [1.82, 2.24) is 4.58 Å². The zero-order chi connectivity index (χ0) is 53.0. The molecule has 18 nitrogen and oxygen atoms in total. The van der Waals surface area contributed by atoms with Gasteiger partial charge in [-0.3, -0.25) is 4.79 Å². The Bertz CT molecular complexity index is 2260. The summed E-state index contributed by atoms with van der Waals surface area (Å²) < 4.78 is 101. The van der Waals surface area contributed by atoms with E-state index in [0.717, 1.165) is 33.4 Å². The number of aliphatic carboxylic acids is 1. The zero-order valence-corrected chi connectivity index (χ0v) is 48.1. The van der Waals surface area contributed by atoms with Gasteiger partial charge in [0.15, 0.2) is 13.1 Å². The molecule has 0 bridgehead atoms. The summed E-state index contributed by atoms with van der Waals surface area (Å²) in [5, 5.41) is 10.1. The Kier molecular flexibility index (Phi) is 31.1. The number of methoxy groups -OCH3 is 2. The largest absolute Gasteiger partial charge is 1.00 e. The van der Waals surface area contributed by atoms with Gasteiger partial charge in [0.25, 0.3) is 0 Å². The van der Waals surface area contributed by atoms with Gasteiger partial charge in [0.1, 0.15) is 34.9 Å².